The van der Waals surface area contributed by atoms with E-state index in [2.05, 4.69) is 102 Å². The fourth-order valence-electron chi connectivity index (χ4n) is 3.19. The molecule has 1 rings (SSSR count). The molecule has 1 unspecified atom stereocenters. The van der Waals surface area contributed by atoms with E-state index in [0.717, 1.165) is 42.7 Å². The number of rotatable bonds is 11. The second-order valence-corrected chi connectivity index (χ2v) is 9.49. The van der Waals surface area contributed by atoms with Gasteiger partial charge in [-0.1, -0.05) is 76.4 Å². The maximum Gasteiger partial charge on any atom is 0.0705 e. The molecule has 0 saturated carbocycles. The normalized spacial score (nSPS) is 13.0. The predicted octanol–water partition coefficient (Wildman–Crippen LogP) is 6.38. The Labute approximate surface area is 167 Å². The van der Waals surface area contributed by atoms with Crippen LogP contribution in [0.4, 0.5) is 0 Å². The van der Waals surface area contributed by atoms with Crippen LogP contribution in [0, 0.1) is 5.41 Å². The number of nitrogens with one attached hydrogen (secondary N) is 2. The molecule has 0 heterocycles. The van der Waals surface area contributed by atoms with Crippen molar-refractivity contribution in [1.29, 1.82) is 0 Å². The summed E-state index contributed by atoms with van der Waals surface area (Å²) in [6, 6.07) is 10.9. The molecule has 0 saturated heterocycles. The molecule has 2 nitrogen and oxygen atoms in total. The lowest BCUT2D eigenvalue weighted by atomic mass is 9.89. The van der Waals surface area contributed by atoms with E-state index in [9.17, 15) is 0 Å². The summed E-state index contributed by atoms with van der Waals surface area (Å²) in [6.45, 7) is 25.8. The molecule has 0 fully saturated rings. The third-order valence-electron chi connectivity index (χ3n) is 4.73. The lowest BCUT2D eigenvalue weighted by Gasteiger charge is -2.35. The van der Waals surface area contributed by atoms with E-state index in [4.69, 9.17) is 0 Å². The highest BCUT2D eigenvalue weighted by Gasteiger charge is 2.25. The van der Waals surface area contributed by atoms with E-state index < -0.39 is 0 Å². The molecule has 1 aromatic carbocycles. The lowest BCUT2D eigenvalue weighted by molar-refractivity contribution is 0.370. The fourth-order valence-corrected chi connectivity index (χ4v) is 3.19. The van der Waals surface area contributed by atoms with Gasteiger partial charge in [0.2, 0.25) is 0 Å². The highest BCUT2D eigenvalue weighted by Crippen LogP contribution is 2.25. The highest BCUT2D eigenvalue weighted by atomic mass is 15.1. The fraction of sp³-hybridized carbons (Fsp3) is 0.520. The van der Waals surface area contributed by atoms with Crippen LogP contribution in [0.3, 0.4) is 0 Å². The minimum Gasteiger partial charge on any atom is -0.380 e. The number of benzene rings is 1. The zero-order chi connectivity index (χ0) is 20.7. The Morgan fingerprint density at radius 1 is 1.00 bits per heavy atom. The smallest absolute Gasteiger partial charge is 0.0705 e. The van der Waals surface area contributed by atoms with Crippen LogP contribution in [-0.2, 0) is 6.42 Å². The molecular formula is C25H40N2. The average molecular weight is 369 g/mol. The second kappa shape index (κ2) is 9.82. The Hall–Kier alpha value is -1.96. The summed E-state index contributed by atoms with van der Waals surface area (Å²) in [7, 11) is 0. The van der Waals surface area contributed by atoms with Crippen LogP contribution in [0.25, 0.3) is 0 Å². The molecular weight excluding hydrogens is 328 g/mol. The van der Waals surface area contributed by atoms with Gasteiger partial charge >= 0.3 is 0 Å². The summed E-state index contributed by atoms with van der Waals surface area (Å²) in [5, 5.41) is 7.17. The Bertz CT molecular complexity index is 632. The van der Waals surface area contributed by atoms with Gasteiger partial charge in [-0.25, -0.2) is 0 Å². The third-order valence-corrected chi connectivity index (χ3v) is 4.73. The third kappa shape index (κ3) is 8.99. The summed E-state index contributed by atoms with van der Waals surface area (Å²) in [5.74, 6) is 0. The maximum absolute atomic E-state index is 4.31. The molecule has 0 spiro atoms. The van der Waals surface area contributed by atoms with Gasteiger partial charge in [0.1, 0.15) is 0 Å². The van der Waals surface area contributed by atoms with Gasteiger partial charge < -0.3 is 10.6 Å². The van der Waals surface area contributed by atoms with E-state index in [-0.39, 0.29) is 17.0 Å². The predicted molar refractivity (Wildman–Crippen MR) is 121 cm³/mol. The SMILES string of the molecule is C=C(CC(C)(C)C)NC(C)(C)C(=C)NC(CCCc1ccccc1)C(=C)C. The molecule has 1 aromatic rings. The maximum atomic E-state index is 4.31. The van der Waals surface area contributed by atoms with E-state index in [1.807, 2.05) is 0 Å². The lowest BCUT2D eigenvalue weighted by Crippen LogP contribution is -2.47. The summed E-state index contributed by atoms with van der Waals surface area (Å²) >= 11 is 0. The van der Waals surface area contributed by atoms with E-state index in [1.54, 1.807) is 0 Å². The van der Waals surface area contributed by atoms with Gasteiger partial charge in [0.05, 0.1) is 5.54 Å². The van der Waals surface area contributed by atoms with Crippen molar-refractivity contribution < 1.29 is 0 Å². The Kier molecular flexibility index (Phi) is 8.40. The van der Waals surface area contributed by atoms with Crippen molar-refractivity contribution in [3.63, 3.8) is 0 Å². The molecule has 0 aromatic heterocycles. The van der Waals surface area contributed by atoms with Crippen LogP contribution in [0.1, 0.15) is 66.4 Å². The van der Waals surface area contributed by atoms with Gasteiger partial charge in [0, 0.05) is 17.4 Å². The first-order valence-corrected chi connectivity index (χ1v) is 10.0. The molecule has 0 radical (unpaired) electrons. The Morgan fingerprint density at radius 2 is 1.59 bits per heavy atom. The first kappa shape index (κ1) is 23.1. The first-order valence-electron chi connectivity index (χ1n) is 10.0. The second-order valence-electron chi connectivity index (χ2n) is 9.49. The van der Waals surface area contributed by atoms with E-state index >= 15 is 0 Å². The highest BCUT2D eigenvalue weighted by molar-refractivity contribution is 5.19. The van der Waals surface area contributed by atoms with Crippen LogP contribution in [0.2, 0.25) is 0 Å². The zero-order valence-corrected chi connectivity index (χ0v) is 18.4. The van der Waals surface area contributed by atoms with Crippen molar-refractivity contribution in [2.75, 3.05) is 0 Å². The van der Waals surface area contributed by atoms with Gasteiger partial charge in [-0.05, 0) is 57.4 Å². The monoisotopic (exact) mass is 368 g/mol. The summed E-state index contributed by atoms with van der Waals surface area (Å²) in [6.07, 6.45) is 4.18. The van der Waals surface area contributed by atoms with E-state index in [0.29, 0.717) is 0 Å². The molecule has 0 amide bonds. The van der Waals surface area contributed by atoms with Crippen molar-refractivity contribution in [3.8, 4) is 0 Å². The quantitative estimate of drug-likeness (QED) is 0.443. The van der Waals surface area contributed by atoms with Gasteiger partial charge in [-0.3, -0.25) is 0 Å². The topological polar surface area (TPSA) is 24.1 Å². The van der Waals surface area contributed by atoms with Crippen LogP contribution >= 0.6 is 0 Å². The van der Waals surface area contributed by atoms with Crippen molar-refractivity contribution in [2.45, 2.75) is 78.8 Å². The standard InChI is InChI=1S/C25H40N2/c1-19(2)23(17-13-16-22-14-11-10-12-15-22)26-21(4)25(8,9)27-20(3)18-24(5,6)7/h10-12,14-15,23,26-27H,1,3-4,13,16-18H2,2,5-9H3. The molecule has 150 valence electrons. The molecule has 2 heteroatoms. The van der Waals surface area contributed by atoms with Crippen LogP contribution in [0.15, 0.2) is 67.0 Å². The van der Waals surface area contributed by atoms with Crippen molar-refractivity contribution in [1.82, 2.24) is 10.6 Å². The van der Waals surface area contributed by atoms with Gasteiger partial charge in [0.15, 0.2) is 0 Å². The van der Waals surface area contributed by atoms with Crippen molar-refractivity contribution in [2.24, 2.45) is 5.41 Å². The molecule has 0 aliphatic carbocycles. The van der Waals surface area contributed by atoms with Crippen LogP contribution < -0.4 is 10.6 Å². The number of allylic oxidation sites excluding steroid dienone is 1. The van der Waals surface area contributed by atoms with Gasteiger partial charge in [0.25, 0.3) is 0 Å². The van der Waals surface area contributed by atoms with Gasteiger partial charge in [-0.2, -0.15) is 0 Å². The minimum absolute atomic E-state index is 0.215. The molecule has 0 aliphatic heterocycles. The summed E-state index contributed by atoms with van der Waals surface area (Å²) in [4.78, 5) is 0. The summed E-state index contributed by atoms with van der Waals surface area (Å²) < 4.78 is 0. The van der Waals surface area contributed by atoms with Crippen LogP contribution in [0.5, 0.6) is 0 Å². The van der Waals surface area contributed by atoms with Gasteiger partial charge in [-0.15, -0.1) is 0 Å². The van der Waals surface area contributed by atoms with Crippen LogP contribution in [-0.4, -0.2) is 11.6 Å². The Morgan fingerprint density at radius 3 is 2.11 bits per heavy atom. The molecule has 1 atom stereocenters. The summed E-state index contributed by atoms with van der Waals surface area (Å²) in [5.41, 5.74) is 4.50. The molecule has 0 bridgehead atoms. The molecule has 2 N–H and O–H groups in total. The molecule has 27 heavy (non-hydrogen) atoms. The van der Waals surface area contributed by atoms with E-state index in [1.165, 1.54) is 5.56 Å². The first-order chi connectivity index (χ1) is 12.4. The zero-order valence-electron chi connectivity index (χ0n) is 18.4. The number of aryl methyl sites for hydroxylation is 1. The van der Waals surface area contributed by atoms with Crippen molar-refractivity contribution in [3.05, 3.63) is 72.6 Å². The van der Waals surface area contributed by atoms with Crippen molar-refractivity contribution >= 4 is 0 Å². The number of hydrogen-bond donors (Lipinski definition) is 2. The molecule has 0 aliphatic rings. The largest absolute Gasteiger partial charge is 0.380 e. The average Bonchev–Trinajstić information content (AvgIpc) is 2.52. The minimum atomic E-state index is -0.268. The number of hydrogen-bond acceptors (Lipinski definition) is 2. The Balaban J connectivity index is 2.60.